The number of hydrogen-bond donors (Lipinski definition) is 1. The van der Waals surface area contributed by atoms with E-state index in [0.717, 1.165) is 17.7 Å². The standard InChI is InChI=1S/C15H15NO3/c1-3-11-6-4-5-7-13(11)19-14-9-8-12(15(17)18)10(2)16-14/h4-9H,3H2,1-2H3,(H,17,18). The van der Waals surface area contributed by atoms with E-state index in [4.69, 9.17) is 9.84 Å². The van der Waals surface area contributed by atoms with Crippen molar-refractivity contribution in [3.63, 3.8) is 0 Å². The SMILES string of the molecule is CCc1ccccc1Oc1ccc(C(=O)O)c(C)n1. The molecule has 0 fully saturated rings. The van der Waals surface area contributed by atoms with Crippen molar-refractivity contribution in [2.75, 3.05) is 0 Å². The summed E-state index contributed by atoms with van der Waals surface area (Å²) in [5.41, 5.74) is 1.72. The molecule has 0 atom stereocenters. The van der Waals surface area contributed by atoms with Crippen molar-refractivity contribution >= 4 is 5.97 Å². The summed E-state index contributed by atoms with van der Waals surface area (Å²) in [6.07, 6.45) is 0.863. The summed E-state index contributed by atoms with van der Waals surface area (Å²) in [7, 11) is 0. The van der Waals surface area contributed by atoms with Crippen LogP contribution in [0.3, 0.4) is 0 Å². The van der Waals surface area contributed by atoms with Crippen LogP contribution < -0.4 is 4.74 Å². The molecule has 2 rings (SSSR count). The molecular weight excluding hydrogens is 242 g/mol. The minimum atomic E-state index is -0.981. The van der Waals surface area contributed by atoms with Crippen molar-refractivity contribution in [2.24, 2.45) is 0 Å². The Morgan fingerprint density at radius 3 is 2.63 bits per heavy atom. The fraction of sp³-hybridized carbons (Fsp3) is 0.200. The second-order valence-electron chi connectivity index (χ2n) is 4.15. The molecule has 4 heteroatoms. The third kappa shape index (κ3) is 2.91. The van der Waals surface area contributed by atoms with Crippen molar-refractivity contribution < 1.29 is 14.6 Å². The Hall–Kier alpha value is -2.36. The average Bonchev–Trinajstić information content (AvgIpc) is 2.39. The lowest BCUT2D eigenvalue weighted by Crippen LogP contribution is -2.02. The van der Waals surface area contributed by atoms with Crippen LogP contribution in [0, 0.1) is 6.92 Å². The number of aromatic carboxylic acids is 1. The minimum Gasteiger partial charge on any atom is -0.478 e. The average molecular weight is 257 g/mol. The summed E-state index contributed by atoms with van der Waals surface area (Å²) in [6, 6.07) is 10.8. The zero-order valence-corrected chi connectivity index (χ0v) is 10.9. The first-order chi connectivity index (χ1) is 9.11. The number of para-hydroxylation sites is 1. The molecule has 0 saturated carbocycles. The van der Waals surface area contributed by atoms with Crippen molar-refractivity contribution in [3.05, 3.63) is 53.2 Å². The Morgan fingerprint density at radius 2 is 2.00 bits per heavy atom. The molecule has 0 aliphatic heterocycles. The van der Waals surface area contributed by atoms with Gasteiger partial charge >= 0.3 is 5.97 Å². The highest BCUT2D eigenvalue weighted by molar-refractivity contribution is 5.88. The van der Waals surface area contributed by atoms with Gasteiger partial charge in [0.25, 0.3) is 0 Å². The summed E-state index contributed by atoms with van der Waals surface area (Å²) in [5, 5.41) is 8.95. The summed E-state index contributed by atoms with van der Waals surface area (Å²) < 4.78 is 5.71. The number of aromatic nitrogens is 1. The van der Waals surface area contributed by atoms with E-state index in [0.29, 0.717) is 11.6 Å². The molecule has 0 amide bonds. The smallest absolute Gasteiger partial charge is 0.337 e. The van der Waals surface area contributed by atoms with Crippen LogP contribution in [-0.4, -0.2) is 16.1 Å². The number of carboxylic acids is 1. The maximum atomic E-state index is 10.9. The molecule has 0 unspecified atom stereocenters. The molecule has 0 saturated heterocycles. The Bertz CT molecular complexity index is 608. The number of pyridine rings is 1. The fourth-order valence-electron chi connectivity index (χ4n) is 1.83. The number of aryl methyl sites for hydroxylation is 2. The van der Waals surface area contributed by atoms with Crippen LogP contribution >= 0.6 is 0 Å². The Balaban J connectivity index is 2.29. The zero-order valence-electron chi connectivity index (χ0n) is 10.9. The maximum Gasteiger partial charge on any atom is 0.337 e. The first-order valence-electron chi connectivity index (χ1n) is 6.08. The second kappa shape index (κ2) is 5.52. The summed E-state index contributed by atoms with van der Waals surface area (Å²) in [6.45, 7) is 3.70. The molecule has 1 heterocycles. The maximum absolute atomic E-state index is 10.9. The van der Waals surface area contributed by atoms with Crippen LogP contribution in [0.1, 0.15) is 28.5 Å². The van der Waals surface area contributed by atoms with Crippen LogP contribution in [0.15, 0.2) is 36.4 Å². The van der Waals surface area contributed by atoms with E-state index in [-0.39, 0.29) is 5.56 Å². The summed E-state index contributed by atoms with van der Waals surface area (Å²) in [4.78, 5) is 15.1. The molecule has 0 bridgehead atoms. The topological polar surface area (TPSA) is 59.4 Å². The van der Waals surface area contributed by atoms with Gasteiger partial charge < -0.3 is 9.84 Å². The van der Waals surface area contributed by atoms with Crippen LogP contribution in [-0.2, 0) is 6.42 Å². The van der Waals surface area contributed by atoms with E-state index in [2.05, 4.69) is 4.98 Å². The third-order valence-electron chi connectivity index (χ3n) is 2.86. The number of hydrogen-bond acceptors (Lipinski definition) is 3. The van der Waals surface area contributed by atoms with Crippen LogP contribution in [0.5, 0.6) is 11.6 Å². The molecule has 98 valence electrons. The van der Waals surface area contributed by atoms with E-state index < -0.39 is 5.97 Å². The van der Waals surface area contributed by atoms with Crippen LogP contribution in [0.2, 0.25) is 0 Å². The van der Waals surface area contributed by atoms with E-state index in [9.17, 15) is 4.79 Å². The van der Waals surface area contributed by atoms with Crippen molar-refractivity contribution in [1.82, 2.24) is 4.98 Å². The molecule has 1 aromatic carbocycles. The van der Waals surface area contributed by atoms with Gasteiger partial charge in [0, 0.05) is 6.07 Å². The molecule has 0 aliphatic carbocycles. The predicted molar refractivity (Wildman–Crippen MR) is 71.8 cm³/mol. The number of carbonyl (C=O) groups is 1. The molecular formula is C15H15NO3. The molecule has 1 aromatic heterocycles. The molecule has 1 N–H and O–H groups in total. The monoisotopic (exact) mass is 257 g/mol. The Morgan fingerprint density at radius 1 is 1.26 bits per heavy atom. The minimum absolute atomic E-state index is 0.191. The molecule has 0 spiro atoms. The number of ether oxygens (including phenoxy) is 1. The molecule has 2 aromatic rings. The van der Waals surface area contributed by atoms with Crippen LogP contribution in [0.25, 0.3) is 0 Å². The van der Waals surface area contributed by atoms with Gasteiger partial charge in [0.15, 0.2) is 0 Å². The number of carboxylic acid groups (broad SMARTS) is 1. The van der Waals surface area contributed by atoms with Gasteiger partial charge in [-0.3, -0.25) is 0 Å². The highest BCUT2D eigenvalue weighted by Gasteiger charge is 2.10. The van der Waals surface area contributed by atoms with E-state index >= 15 is 0 Å². The quantitative estimate of drug-likeness (QED) is 0.911. The lowest BCUT2D eigenvalue weighted by atomic mass is 10.1. The number of benzene rings is 1. The van der Waals surface area contributed by atoms with E-state index in [1.54, 1.807) is 13.0 Å². The highest BCUT2D eigenvalue weighted by Crippen LogP contribution is 2.25. The lowest BCUT2D eigenvalue weighted by molar-refractivity contribution is 0.0695. The van der Waals surface area contributed by atoms with Gasteiger partial charge in [0.1, 0.15) is 5.75 Å². The zero-order chi connectivity index (χ0) is 13.8. The van der Waals surface area contributed by atoms with Crippen molar-refractivity contribution in [3.8, 4) is 11.6 Å². The Kier molecular flexibility index (Phi) is 3.80. The molecule has 4 nitrogen and oxygen atoms in total. The predicted octanol–water partition coefficient (Wildman–Crippen LogP) is 3.44. The molecule has 0 radical (unpaired) electrons. The molecule has 0 aliphatic rings. The third-order valence-corrected chi connectivity index (χ3v) is 2.86. The first-order valence-corrected chi connectivity index (χ1v) is 6.08. The number of rotatable bonds is 4. The normalized spacial score (nSPS) is 10.2. The van der Waals surface area contributed by atoms with E-state index in [1.807, 2.05) is 31.2 Å². The number of nitrogens with zero attached hydrogens (tertiary/aromatic N) is 1. The van der Waals surface area contributed by atoms with Gasteiger partial charge in [-0.25, -0.2) is 9.78 Å². The van der Waals surface area contributed by atoms with Gasteiger partial charge in [-0.05, 0) is 31.0 Å². The van der Waals surface area contributed by atoms with E-state index in [1.165, 1.54) is 6.07 Å². The van der Waals surface area contributed by atoms with Gasteiger partial charge in [-0.1, -0.05) is 25.1 Å². The van der Waals surface area contributed by atoms with Crippen LogP contribution in [0.4, 0.5) is 0 Å². The molecule has 19 heavy (non-hydrogen) atoms. The van der Waals surface area contributed by atoms with Crippen molar-refractivity contribution in [2.45, 2.75) is 20.3 Å². The van der Waals surface area contributed by atoms with Gasteiger partial charge in [-0.2, -0.15) is 0 Å². The highest BCUT2D eigenvalue weighted by atomic mass is 16.5. The first kappa shape index (κ1) is 13.1. The fourth-order valence-corrected chi connectivity index (χ4v) is 1.83. The van der Waals surface area contributed by atoms with Crippen molar-refractivity contribution in [1.29, 1.82) is 0 Å². The Labute approximate surface area is 111 Å². The summed E-state index contributed by atoms with van der Waals surface area (Å²) in [5.74, 6) is 0.175. The summed E-state index contributed by atoms with van der Waals surface area (Å²) >= 11 is 0. The van der Waals surface area contributed by atoms with Gasteiger partial charge in [0.2, 0.25) is 5.88 Å². The lowest BCUT2D eigenvalue weighted by Gasteiger charge is -2.10. The van der Waals surface area contributed by atoms with Gasteiger partial charge in [-0.15, -0.1) is 0 Å². The largest absolute Gasteiger partial charge is 0.478 e. The van der Waals surface area contributed by atoms with Gasteiger partial charge in [0.05, 0.1) is 11.3 Å². The second-order valence-corrected chi connectivity index (χ2v) is 4.15.